The van der Waals surface area contributed by atoms with Gasteiger partial charge in [0.2, 0.25) is 0 Å². The molecule has 38 heavy (non-hydrogen) atoms. The van der Waals surface area contributed by atoms with Crippen molar-refractivity contribution in [2.24, 2.45) is 0 Å². The Morgan fingerprint density at radius 3 is 2.58 bits per heavy atom. The molecule has 0 saturated heterocycles. The van der Waals surface area contributed by atoms with E-state index in [4.69, 9.17) is 15.7 Å². The highest BCUT2D eigenvalue weighted by atomic mass is 16.6. The quantitative estimate of drug-likeness (QED) is 0.481. The van der Waals surface area contributed by atoms with Crippen molar-refractivity contribution < 1.29 is 14.6 Å². The number of fused-ring (bicyclic) bond motifs is 3. The number of nitrogens with two attached hydrogens (primary N) is 1. The van der Waals surface area contributed by atoms with Gasteiger partial charge < -0.3 is 25.8 Å². The number of nitrogens with one attached hydrogen (secondary N) is 1. The molecule has 9 nitrogen and oxygen atoms in total. The van der Waals surface area contributed by atoms with Crippen LogP contribution in [0, 0.1) is 11.3 Å². The van der Waals surface area contributed by atoms with Gasteiger partial charge in [-0.2, -0.15) is 5.26 Å². The van der Waals surface area contributed by atoms with Crippen LogP contribution in [0.2, 0.25) is 0 Å². The first kappa shape index (κ1) is 29.0. The number of alkyl carbamates (subject to hydrolysis) is 1. The SMILES string of the molecule is CC(C)(C)OC(=O)NC1CCCCC1.CN(CCC#N)c1c(O)ccc2c1CC(C)(C)c1c(N)ncnc1-2. The Bertz CT molecular complexity index is 1180. The van der Waals surface area contributed by atoms with Gasteiger partial charge in [-0.1, -0.05) is 33.1 Å². The van der Waals surface area contributed by atoms with Crippen molar-refractivity contribution in [2.75, 3.05) is 24.2 Å². The maximum Gasteiger partial charge on any atom is 0.407 e. The van der Waals surface area contributed by atoms with Crippen LogP contribution in [0.15, 0.2) is 18.5 Å². The number of ether oxygens (including phenoxy) is 1. The number of phenolic OH excluding ortho intramolecular Hbond substituents is 1. The van der Waals surface area contributed by atoms with Crippen molar-refractivity contribution in [3.8, 4) is 23.1 Å². The molecule has 9 heteroatoms. The molecule has 2 aliphatic carbocycles. The Kier molecular flexibility index (Phi) is 9.08. The van der Waals surface area contributed by atoms with Crippen LogP contribution < -0.4 is 16.0 Å². The fraction of sp³-hybridized carbons (Fsp3) is 0.586. The zero-order chi connectivity index (χ0) is 28.1. The fourth-order valence-electron chi connectivity index (χ4n) is 5.30. The number of anilines is 2. The summed E-state index contributed by atoms with van der Waals surface area (Å²) in [5.41, 5.74) is 10.0. The smallest absolute Gasteiger partial charge is 0.407 e. The number of nitriles is 1. The largest absolute Gasteiger partial charge is 0.506 e. The third-order valence-electron chi connectivity index (χ3n) is 6.96. The van der Waals surface area contributed by atoms with Gasteiger partial charge in [-0.05, 0) is 63.1 Å². The first-order valence-electron chi connectivity index (χ1n) is 13.4. The van der Waals surface area contributed by atoms with Gasteiger partial charge in [0.1, 0.15) is 23.5 Å². The number of hydrogen-bond acceptors (Lipinski definition) is 8. The topological polar surface area (TPSA) is 137 Å². The summed E-state index contributed by atoms with van der Waals surface area (Å²) in [6.45, 7) is 10.4. The van der Waals surface area contributed by atoms with E-state index in [0.717, 1.165) is 40.9 Å². The summed E-state index contributed by atoms with van der Waals surface area (Å²) in [5.74, 6) is 0.721. The normalized spacial score (nSPS) is 16.1. The highest BCUT2D eigenvalue weighted by Gasteiger charge is 2.36. The van der Waals surface area contributed by atoms with Gasteiger partial charge >= 0.3 is 6.09 Å². The first-order valence-corrected chi connectivity index (χ1v) is 13.4. The van der Waals surface area contributed by atoms with Gasteiger partial charge in [-0.15, -0.1) is 0 Å². The predicted octanol–water partition coefficient (Wildman–Crippen LogP) is 5.46. The Morgan fingerprint density at radius 2 is 1.95 bits per heavy atom. The number of carbonyl (C=O) groups excluding carboxylic acids is 1. The molecule has 2 aliphatic rings. The van der Waals surface area contributed by atoms with Crippen LogP contribution in [-0.2, 0) is 16.6 Å². The zero-order valence-electron chi connectivity index (χ0n) is 23.6. The van der Waals surface area contributed by atoms with Crippen molar-refractivity contribution in [1.29, 1.82) is 5.26 Å². The third kappa shape index (κ3) is 7.06. The second kappa shape index (κ2) is 11.9. The van der Waals surface area contributed by atoms with Crippen molar-refractivity contribution in [3.05, 3.63) is 29.6 Å². The fourth-order valence-corrected chi connectivity index (χ4v) is 5.30. The summed E-state index contributed by atoms with van der Waals surface area (Å²) in [6.07, 6.45) is 8.25. The number of rotatable bonds is 4. The minimum Gasteiger partial charge on any atom is -0.506 e. The number of aromatic hydroxyl groups is 1. The van der Waals surface area contributed by atoms with Crippen molar-refractivity contribution in [2.45, 2.75) is 96.6 Å². The maximum absolute atomic E-state index is 11.4. The number of aromatic nitrogens is 2. The number of phenols is 1. The summed E-state index contributed by atoms with van der Waals surface area (Å²) < 4.78 is 5.19. The van der Waals surface area contributed by atoms with E-state index in [-0.39, 0.29) is 17.3 Å². The Morgan fingerprint density at radius 1 is 1.26 bits per heavy atom. The van der Waals surface area contributed by atoms with E-state index in [9.17, 15) is 9.90 Å². The van der Waals surface area contributed by atoms with Gasteiger partial charge in [0, 0.05) is 30.8 Å². The Balaban J connectivity index is 0.000000244. The number of carbonyl (C=O) groups is 1. The van der Waals surface area contributed by atoms with Crippen LogP contribution in [0.4, 0.5) is 16.3 Å². The Hall–Kier alpha value is -3.54. The van der Waals surface area contributed by atoms with Gasteiger partial charge in [0.25, 0.3) is 0 Å². The average molecular weight is 523 g/mol. The van der Waals surface area contributed by atoms with Gasteiger partial charge in [0.05, 0.1) is 23.9 Å². The lowest BCUT2D eigenvalue weighted by atomic mass is 9.71. The molecule has 0 unspecified atom stereocenters. The van der Waals surface area contributed by atoms with E-state index in [1.54, 1.807) is 6.07 Å². The minimum absolute atomic E-state index is 0.218. The average Bonchev–Trinajstić information content (AvgIpc) is 2.82. The molecular formula is C29H42N6O3. The molecule has 0 spiro atoms. The molecule has 0 radical (unpaired) electrons. The van der Waals surface area contributed by atoms with E-state index in [2.05, 4.69) is 35.2 Å². The monoisotopic (exact) mass is 522 g/mol. The molecule has 0 aliphatic heterocycles. The van der Waals surface area contributed by atoms with E-state index in [1.165, 1.54) is 25.6 Å². The minimum atomic E-state index is -0.390. The van der Waals surface area contributed by atoms with Crippen LogP contribution in [0.1, 0.15) is 84.3 Å². The number of benzene rings is 1. The molecule has 206 valence electrons. The standard InChI is InChI=1S/C18H21N5O.C11H21NO2/c1-18(2)9-12-11(15-14(18)17(20)22-10-21-15)5-6-13(24)16(12)23(3)8-4-7-19;1-11(2,3)14-10(13)12-9-7-5-4-6-8-9/h5-6,10,24H,4,8-9H2,1-3H3,(H2,20,21,22);9H,4-8H2,1-3H3,(H,12,13). The lowest BCUT2D eigenvalue weighted by Gasteiger charge is -2.36. The highest BCUT2D eigenvalue weighted by Crippen LogP contribution is 2.48. The number of amides is 1. The van der Waals surface area contributed by atoms with Gasteiger partial charge in [0.15, 0.2) is 0 Å². The molecule has 0 atom stereocenters. The summed E-state index contributed by atoms with van der Waals surface area (Å²) >= 11 is 0. The molecule has 4 N–H and O–H groups in total. The highest BCUT2D eigenvalue weighted by molar-refractivity contribution is 5.82. The molecule has 1 fully saturated rings. The van der Waals surface area contributed by atoms with E-state index in [1.807, 2.05) is 38.8 Å². The van der Waals surface area contributed by atoms with Crippen molar-refractivity contribution >= 4 is 17.6 Å². The summed E-state index contributed by atoms with van der Waals surface area (Å²) in [7, 11) is 1.89. The summed E-state index contributed by atoms with van der Waals surface area (Å²) in [4.78, 5) is 21.9. The van der Waals surface area contributed by atoms with Crippen molar-refractivity contribution in [1.82, 2.24) is 15.3 Å². The lowest BCUT2D eigenvalue weighted by Crippen LogP contribution is -2.39. The molecule has 1 aromatic carbocycles. The molecule has 1 aromatic heterocycles. The van der Waals surface area contributed by atoms with E-state index >= 15 is 0 Å². The van der Waals surface area contributed by atoms with Crippen LogP contribution in [0.5, 0.6) is 5.75 Å². The van der Waals surface area contributed by atoms with Crippen LogP contribution in [0.25, 0.3) is 11.3 Å². The molecule has 2 aromatic rings. The number of hydrogen-bond donors (Lipinski definition) is 3. The predicted molar refractivity (Wildman–Crippen MR) is 150 cm³/mol. The lowest BCUT2D eigenvalue weighted by molar-refractivity contribution is 0.0493. The van der Waals surface area contributed by atoms with Crippen LogP contribution in [-0.4, -0.2) is 46.4 Å². The maximum atomic E-state index is 11.4. The molecule has 1 heterocycles. The molecule has 1 amide bonds. The van der Waals surface area contributed by atoms with E-state index < -0.39 is 5.60 Å². The summed E-state index contributed by atoms with van der Waals surface area (Å²) in [6, 6.07) is 6.04. The first-order chi connectivity index (χ1) is 17.8. The number of nitrogens with zero attached hydrogens (tertiary/aromatic N) is 4. The third-order valence-corrected chi connectivity index (χ3v) is 6.96. The van der Waals surface area contributed by atoms with Crippen molar-refractivity contribution in [3.63, 3.8) is 0 Å². The second-order valence-electron chi connectivity index (χ2n) is 11.8. The molecule has 0 bridgehead atoms. The van der Waals surface area contributed by atoms with Crippen LogP contribution in [0.3, 0.4) is 0 Å². The van der Waals surface area contributed by atoms with Crippen LogP contribution >= 0.6 is 0 Å². The molecular weight excluding hydrogens is 480 g/mol. The molecule has 4 rings (SSSR count). The zero-order valence-corrected chi connectivity index (χ0v) is 23.6. The van der Waals surface area contributed by atoms with Gasteiger partial charge in [-0.3, -0.25) is 0 Å². The number of nitrogen functional groups attached to an aromatic ring is 1. The van der Waals surface area contributed by atoms with Gasteiger partial charge in [-0.25, -0.2) is 14.8 Å². The van der Waals surface area contributed by atoms with E-state index in [0.29, 0.717) is 31.2 Å². The molecule has 1 saturated carbocycles. The second-order valence-corrected chi connectivity index (χ2v) is 11.8. The summed E-state index contributed by atoms with van der Waals surface area (Å²) in [5, 5.41) is 22.2. The Labute approximate surface area is 226 Å².